The van der Waals surface area contributed by atoms with Crippen LogP contribution >= 0.6 is 0 Å². The minimum absolute atomic E-state index is 0.317. The van der Waals surface area contributed by atoms with Crippen molar-refractivity contribution in [2.24, 2.45) is 17.2 Å². The molecule has 6 nitrogen and oxygen atoms in total. The highest BCUT2D eigenvalue weighted by Crippen LogP contribution is 2.50. The standard InChI is InChI=1S/C11H13N3O3/c12-9(15)10(3-4-10)6-1-2-7-8(5-6)17-11(13,14)16-7/h1-2,5H,3-4,13-14H2,(H2,12,15). The van der Waals surface area contributed by atoms with E-state index in [0.29, 0.717) is 11.5 Å². The first-order chi connectivity index (χ1) is 7.93. The number of ether oxygens (including phenoxy) is 2. The molecule has 0 spiro atoms. The van der Waals surface area contributed by atoms with Gasteiger partial charge in [-0.1, -0.05) is 6.07 Å². The molecule has 1 aliphatic carbocycles. The molecule has 6 heteroatoms. The van der Waals surface area contributed by atoms with Gasteiger partial charge in [0.1, 0.15) is 0 Å². The molecule has 0 atom stereocenters. The van der Waals surface area contributed by atoms with Gasteiger partial charge in [0.25, 0.3) is 0 Å². The van der Waals surface area contributed by atoms with Gasteiger partial charge in [0.15, 0.2) is 11.5 Å². The summed E-state index contributed by atoms with van der Waals surface area (Å²) in [6.07, 6.45) is 1.52. The molecule has 0 unspecified atom stereocenters. The number of benzene rings is 1. The largest absolute Gasteiger partial charge is 0.424 e. The maximum atomic E-state index is 11.4. The number of amides is 1. The number of rotatable bonds is 2. The molecule has 0 bridgehead atoms. The molecule has 90 valence electrons. The van der Waals surface area contributed by atoms with Crippen molar-refractivity contribution in [2.75, 3.05) is 0 Å². The Bertz CT molecular complexity index is 509. The fraction of sp³-hybridized carbons (Fsp3) is 0.364. The zero-order valence-corrected chi connectivity index (χ0v) is 9.10. The Kier molecular flexibility index (Phi) is 1.77. The highest BCUT2D eigenvalue weighted by atomic mass is 16.8. The van der Waals surface area contributed by atoms with Crippen molar-refractivity contribution in [3.8, 4) is 11.5 Å². The highest BCUT2D eigenvalue weighted by molar-refractivity contribution is 5.90. The Morgan fingerprint density at radius 2 is 1.82 bits per heavy atom. The monoisotopic (exact) mass is 235 g/mol. The Balaban J connectivity index is 1.99. The van der Waals surface area contributed by atoms with Gasteiger partial charge in [0.05, 0.1) is 5.41 Å². The lowest BCUT2D eigenvalue weighted by atomic mass is 9.95. The summed E-state index contributed by atoms with van der Waals surface area (Å²) in [5.74, 6) is 0.599. The molecule has 1 aromatic carbocycles. The molecule has 17 heavy (non-hydrogen) atoms. The second-order valence-corrected chi connectivity index (χ2v) is 4.53. The van der Waals surface area contributed by atoms with E-state index in [-0.39, 0.29) is 5.91 Å². The van der Waals surface area contributed by atoms with Crippen LogP contribution in [0.5, 0.6) is 11.5 Å². The topological polar surface area (TPSA) is 114 Å². The predicted octanol–water partition coefficient (Wildman–Crippen LogP) is -0.497. The average Bonchev–Trinajstić information content (AvgIpc) is 2.95. The molecule has 0 saturated heterocycles. The number of hydrogen-bond donors (Lipinski definition) is 3. The normalized spacial score (nSPS) is 22.2. The smallest absolute Gasteiger partial charge is 0.376 e. The van der Waals surface area contributed by atoms with Crippen molar-refractivity contribution in [3.63, 3.8) is 0 Å². The molecule has 1 amide bonds. The number of primary amides is 1. The predicted molar refractivity (Wildman–Crippen MR) is 58.9 cm³/mol. The zero-order chi connectivity index (χ0) is 12.3. The number of carbonyl (C=O) groups excluding carboxylic acids is 1. The number of carbonyl (C=O) groups is 1. The van der Waals surface area contributed by atoms with E-state index in [0.717, 1.165) is 18.4 Å². The molecular weight excluding hydrogens is 222 g/mol. The van der Waals surface area contributed by atoms with Crippen molar-refractivity contribution >= 4 is 5.91 Å². The molecule has 1 aliphatic heterocycles. The molecule has 2 aliphatic rings. The Morgan fingerprint density at radius 1 is 1.18 bits per heavy atom. The number of fused-ring (bicyclic) bond motifs is 1. The second-order valence-electron chi connectivity index (χ2n) is 4.53. The summed E-state index contributed by atoms with van der Waals surface area (Å²) in [5, 5.41) is 0. The molecule has 1 fully saturated rings. The zero-order valence-electron chi connectivity index (χ0n) is 9.10. The van der Waals surface area contributed by atoms with E-state index in [9.17, 15) is 4.79 Å². The fourth-order valence-corrected chi connectivity index (χ4v) is 2.14. The van der Waals surface area contributed by atoms with Crippen LogP contribution in [-0.4, -0.2) is 11.9 Å². The number of nitrogens with two attached hydrogens (primary N) is 3. The lowest BCUT2D eigenvalue weighted by Crippen LogP contribution is -2.56. The van der Waals surface area contributed by atoms with E-state index < -0.39 is 11.4 Å². The maximum absolute atomic E-state index is 11.4. The molecule has 0 radical (unpaired) electrons. The summed E-state index contributed by atoms with van der Waals surface area (Å²) in [6.45, 7) is 0. The molecule has 1 saturated carbocycles. The highest BCUT2D eigenvalue weighted by Gasteiger charge is 2.50. The van der Waals surface area contributed by atoms with Crippen molar-refractivity contribution < 1.29 is 14.3 Å². The van der Waals surface area contributed by atoms with Gasteiger partial charge in [0.2, 0.25) is 5.91 Å². The summed E-state index contributed by atoms with van der Waals surface area (Å²) in [5.41, 5.74) is 16.7. The van der Waals surface area contributed by atoms with Gasteiger partial charge >= 0.3 is 6.03 Å². The minimum atomic E-state index is -1.63. The molecule has 6 N–H and O–H groups in total. The third-order valence-corrected chi connectivity index (χ3v) is 3.26. The first-order valence-electron chi connectivity index (χ1n) is 5.33. The van der Waals surface area contributed by atoms with E-state index in [1.807, 2.05) is 0 Å². The number of hydrogen-bond acceptors (Lipinski definition) is 5. The van der Waals surface area contributed by atoms with Gasteiger partial charge in [-0.25, -0.2) is 11.5 Å². The van der Waals surface area contributed by atoms with Crippen LogP contribution in [-0.2, 0) is 10.2 Å². The quantitative estimate of drug-likeness (QED) is 0.598. The third-order valence-electron chi connectivity index (χ3n) is 3.26. The summed E-state index contributed by atoms with van der Waals surface area (Å²) < 4.78 is 10.4. The Morgan fingerprint density at radius 3 is 2.41 bits per heavy atom. The third kappa shape index (κ3) is 1.45. The van der Waals surface area contributed by atoms with Gasteiger partial charge in [-0.3, -0.25) is 4.79 Å². The van der Waals surface area contributed by atoms with E-state index in [2.05, 4.69) is 0 Å². The van der Waals surface area contributed by atoms with Crippen LogP contribution in [0.1, 0.15) is 18.4 Å². The van der Waals surface area contributed by atoms with E-state index in [1.54, 1.807) is 18.2 Å². The van der Waals surface area contributed by atoms with Crippen molar-refractivity contribution in [1.29, 1.82) is 0 Å². The van der Waals surface area contributed by atoms with Crippen LogP contribution in [0.25, 0.3) is 0 Å². The van der Waals surface area contributed by atoms with Gasteiger partial charge in [0, 0.05) is 0 Å². The molecule has 0 aromatic heterocycles. The van der Waals surface area contributed by atoms with E-state index >= 15 is 0 Å². The van der Waals surface area contributed by atoms with Crippen molar-refractivity contribution in [2.45, 2.75) is 24.3 Å². The molecule has 1 aromatic rings. The van der Waals surface area contributed by atoms with Crippen LogP contribution < -0.4 is 26.7 Å². The Labute approximate surface area is 97.7 Å². The van der Waals surface area contributed by atoms with E-state index in [4.69, 9.17) is 26.7 Å². The summed E-state index contributed by atoms with van der Waals surface area (Å²) >= 11 is 0. The van der Waals surface area contributed by atoms with Gasteiger partial charge in [-0.05, 0) is 30.5 Å². The summed E-state index contributed by atoms with van der Waals surface area (Å²) in [4.78, 5) is 11.4. The van der Waals surface area contributed by atoms with Gasteiger partial charge in [-0.2, -0.15) is 0 Å². The van der Waals surface area contributed by atoms with Crippen LogP contribution in [0.15, 0.2) is 18.2 Å². The van der Waals surface area contributed by atoms with Crippen LogP contribution in [0, 0.1) is 0 Å². The van der Waals surface area contributed by atoms with Crippen LogP contribution in [0.2, 0.25) is 0 Å². The fourth-order valence-electron chi connectivity index (χ4n) is 2.14. The molecular formula is C11H13N3O3. The van der Waals surface area contributed by atoms with Gasteiger partial charge in [-0.15, -0.1) is 0 Å². The van der Waals surface area contributed by atoms with Gasteiger partial charge < -0.3 is 15.2 Å². The first kappa shape index (κ1) is 10.4. The summed E-state index contributed by atoms with van der Waals surface area (Å²) in [6, 6.07) is 3.56. The maximum Gasteiger partial charge on any atom is 0.376 e. The molecule has 1 heterocycles. The van der Waals surface area contributed by atoms with Crippen LogP contribution in [0.4, 0.5) is 0 Å². The first-order valence-corrected chi connectivity index (χ1v) is 5.33. The molecule has 3 rings (SSSR count). The summed E-state index contributed by atoms with van der Waals surface area (Å²) in [7, 11) is 0. The minimum Gasteiger partial charge on any atom is -0.424 e. The van der Waals surface area contributed by atoms with Crippen molar-refractivity contribution in [1.82, 2.24) is 0 Å². The van der Waals surface area contributed by atoms with Crippen molar-refractivity contribution in [3.05, 3.63) is 23.8 Å². The lowest BCUT2D eigenvalue weighted by Gasteiger charge is -2.15. The van der Waals surface area contributed by atoms with E-state index in [1.165, 1.54) is 0 Å². The lowest BCUT2D eigenvalue weighted by molar-refractivity contribution is -0.120. The second kappa shape index (κ2) is 2.91. The average molecular weight is 235 g/mol. The SMILES string of the molecule is NC(=O)C1(c2ccc3c(c2)OC(N)(N)O3)CC1. The Hall–Kier alpha value is -1.79. The van der Waals surface area contributed by atoms with Crippen LogP contribution in [0.3, 0.4) is 0 Å².